The van der Waals surface area contributed by atoms with Gasteiger partial charge in [-0.1, -0.05) is 30.3 Å². The Kier molecular flexibility index (Phi) is 7.29. The van der Waals surface area contributed by atoms with E-state index in [2.05, 4.69) is 14.7 Å². The van der Waals surface area contributed by atoms with E-state index in [4.69, 9.17) is 6.57 Å². The van der Waals surface area contributed by atoms with Gasteiger partial charge in [0.25, 0.3) is 21.7 Å². The smallest absolute Gasteiger partial charge is 0.281 e. The summed E-state index contributed by atoms with van der Waals surface area (Å²) in [6.07, 6.45) is 2.66. The molecule has 0 radical (unpaired) electrons. The van der Waals surface area contributed by atoms with E-state index in [1.165, 1.54) is 41.0 Å². The Morgan fingerprint density at radius 3 is 2.31 bits per heavy atom. The zero-order valence-electron chi connectivity index (χ0n) is 22.0. The SMILES string of the molecule is [C-]#[N+]C1(c2ccccc2)CCN(c2c(C(=O)N3CCN(S(=O)(=O)N(C)C)CC3)cnc3ccc(F)cc23)CC1. The van der Waals surface area contributed by atoms with Gasteiger partial charge in [0.05, 0.1) is 16.8 Å². The lowest BCUT2D eigenvalue weighted by atomic mass is 9.81. The predicted molar refractivity (Wildman–Crippen MR) is 148 cm³/mol. The van der Waals surface area contributed by atoms with Gasteiger partial charge in [0.1, 0.15) is 5.82 Å². The molecule has 204 valence electrons. The standard InChI is InChI=1S/C28H31FN6O3S/c1-30-28(21-7-5-4-6-8-21)11-13-33(14-12-28)26-23-19-22(29)9-10-25(23)31-20-24(26)27(36)34-15-17-35(18-16-34)39(37,38)32(2)3/h4-10,19-20H,11-18H2,2-3H3. The number of piperidine rings is 1. The third kappa shape index (κ3) is 4.95. The second kappa shape index (κ2) is 10.5. The third-order valence-electron chi connectivity index (χ3n) is 7.78. The molecule has 2 saturated heterocycles. The molecule has 2 fully saturated rings. The molecule has 2 aliphatic heterocycles. The van der Waals surface area contributed by atoms with E-state index in [0.717, 1.165) is 5.56 Å². The van der Waals surface area contributed by atoms with Crippen molar-refractivity contribution in [3.63, 3.8) is 0 Å². The Balaban J connectivity index is 1.46. The number of benzene rings is 2. The van der Waals surface area contributed by atoms with Gasteiger partial charge in [-0.3, -0.25) is 9.78 Å². The number of nitrogens with zero attached hydrogens (tertiary/aromatic N) is 6. The maximum absolute atomic E-state index is 14.4. The van der Waals surface area contributed by atoms with Gasteiger partial charge in [-0.05, 0) is 18.2 Å². The summed E-state index contributed by atoms with van der Waals surface area (Å²) in [6, 6.07) is 14.1. The lowest BCUT2D eigenvalue weighted by Crippen LogP contribution is -2.53. The van der Waals surface area contributed by atoms with Crippen molar-refractivity contribution in [3.05, 3.63) is 83.1 Å². The minimum absolute atomic E-state index is 0.186. The van der Waals surface area contributed by atoms with Crippen LogP contribution in [0.25, 0.3) is 15.7 Å². The summed E-state index contributed by atoms with van der Waals surface area (Å²) in [4.78, 5) is 26.0. The molecule has 3 aromatic rings. The quantitative estimate of drug-likeness (QED) is 0.455. The van der Waals surface area contributed by atoms with Crippen LogP contribution in [0.15, 0.2) is 54.7 Å². The summed E-state index contributed by atoms with van der Waals surface area (Å²) in [6.45, 7) is 9.86. The molecule has 9 nitrogen and oxygen atoms in total. The molecule has 0 saturated carbocycles. The van der Waals surface area contributed by atoms with Crippen LogP contribution in [0.2, 0.25) is 0 Å². The van der Waals surface area contributed by atoms with Gasteiger partial charge in [0.2, 0.25) is 0 Å². The van der Waals surface area contributed by atoms with Crippen molar-refractivity contribution < 1.29 is 17.6 Å². The molecule has 39 heavy (non-hydrogen) atoms. The summed E-state index contributed by atoms with van der Waals surface area (Å²) in [5, 5.41) is 0.546. The summed E-state index contributed by atoms with van der Waals surface area (Å²) >= 11 is 0. The Morgan fingerprint density at radius 2 is 1.69 bits per heavy atom. The average Bonchev–Trinajstić information content (AvgIpc) is 2.96. The zero-order chi connectivity index (χ0) is 27.8. The molecule has 3 heterocycles. The highest BCUT2D eigenvalue weighted by Crippen LogP contribution is 2.41. The van der Waals surface area contributed by atoms with Gasteiger partial charge in [-0.15, -0.1) is 0 Å². The van der Waals surface area contributed by atoms with Gasteiger partial charge in [-0.2, -0.15) is 17.0 Å². The first-order chi connectivity index (χ1) is 18.7. The van der Waals surface area contributed by atoms with Crippen molar-refractivity contribution in [2.24, 2.45) is 0 Å². The molecule has 0 atom stereocenters. The Morgan fingerprint density at radius 1 is 1.03 bits per heavy atom. The molecule has 0 N–H and O–H groups in total. The van der Waals surface area contributed by atoms with E-state index in [9.17, 15) is 17.6 Å². The summed E-state index contributed by atoms with van der Waals surface area (Å²) in [7, 11) is -0.598. The molecule has 1 amide bonds. The monoisotopic (exact) mass is 550 g/mol. The van der Waals surface area contributed by atoms with E-state index in [-0.39, 0.29) is 32.1 Å². The van der Waals surface area contributed by atoms with Crippen LogP contribution in [0.4, 0.5) is 10.1 Å². The van der Waals surface area contributed by atoms with Crippen molar-refractivity contribution >= 4 is 32.7 Å². The van der Waals surface area contributed by atoms with E-state index in [1.54, 1.807) is 11.0 Å². The average molecular weight is 551 g/mol. The molecule has 2 aliphatic rings. The molecule has 1 aromatic heterocycles. The molecule has 11 heteroatoms. The molecule has 0 bridgehead atoms. The normalized spacial score (nSPS) is 18.3. The number of halogens is 1. The number of piperazine rings is 1. The van der Waals surface area contributed by atoms with Crippen LogP contribution in [0.3, 0.4) is 0 Å². The Hall–Kier alpha value is -3.59. The molecule has 5 rings (SSSR count). The highest BCUT2D eigenvalue weighted by Gasteiger charge is 2.43. The van der Waals surface area contributed by atoms with Crippen molar-refractivity contribution in [1.82, 2.24) is 18.5 Å². The number of amides is 1. The van der Waals surface area contributed by atoms with Crippen molar-refractivity contribution in [2.45, 2.75) is 18.4 Å². The Labute approximate surface area is 228 Å². The second-order valence-corrected chi connectivity index (χ2v) is 12.3. The number of rotatable bonds is 5. The summed E-state index contributed by atoms with van der Waals surface area (Å²) in [5.41, 5.74) is 1.87. The summed E-state index contributed by atoms with van der Waals surface area (Å²) < 4.78 is 42.0. The molecule has 0 unspecified atom stereocenters. The van der Waals surface area contributed by atoms with Crippen LogP contribution < -0.4 is 4.90 Å². The fourth-order valence-electron chi connectivity index (χ4n) is 5.48. The Bertz CT molecular complexity index is 1520. The molecule has 2 aromatic carbocycles. The van der Waals surface area contributed by atoms with Gasteiger partial charge in [-0.25, -0.2) is 11.0 Å². The second-order valence-electron chi connectivity index (χ2n) is 10.2. The van der Waals surface area contributed by atoms with Crippen LogP contribution in [0.1, 0.15) is 28.8 Å². The number of anilines is 1. The highest BCUT2D eigenvalue weighted by atomic mass is 32.2. The fraction of sp³-hybridized carbons (Fsp3) is 0.393. The first-order valence-electron chi connectivity index (χ1n) is 12.9. The van der Waals surface area contributed by atoms with Gasteiger partial charge in [0.15, 0.2) is 0 Å². The van der Waals surface area contributed by atoms with Crippen LogP contribution in [-0.2, 0) is 15.7 Å². The van der Waals surface area contributed by atoms with E-state index >= 15 is 0 Å². The lowest BCUT2D eigenvalue weighted by Gasteiger charge is -2.38. The lowest BCUT2D eigenvalue weighted by molar-refractivity contribution is 0.0695. The number of hydrogen-bond donors (Lipinski definition) is 0. The maximum atomic E-state index is 14.4. The maximum Gasteiger partial charge on any atom is 0.281 e. The van der Waals surface area contributed by atoms with E-state index < -0.39 is 21.6 Å². The number of fused-ring (bicyclic) bond motifs is 1. The minimum Gasteiger partial charge on any atom is -0.370 e. The van der Waals surface area contributed by atoms with Crippen LogP contribution in [0, 0.1) is 12.4 Å². The first-order valence-corrected chi connectivity index (χ1v) is 14.3. The molecular weight excluding hydrogens is 519 g/mol. The highest BCUT2D eigenvalue weighted by molar-refractivity contribution is 7.86. The van der Waals surface area contributed by atoms with E-state index in [1.807, 2.05) is 30.3 Å². The summed E-state index contributed by atoms with van der Waals surface area (Å²) in [5.74, 6) is -0.690. The predicted octanol–water partition coefficient (Wildman–Crippen LogP) is 3.35. The largest absolute Gasteiger partial charge is 0.370 e. The van der Waals surface area contributed by atoms with Crippen LogP contribution >= 0.6 is 0 Å². The molecule has 0 spiro atoms. The number of pyridine rings is 1. The van der Waals surface area contributed by atoms with Gasteiger partial charge in [0, 0.05) is 83.4 Å². The number of hydrogen-bond acceptors (Lipinski definition) is 5. The van der Waals surface area contributed by atoms with Crippen molar-refractivity contribution in [1.29, 1.82) is 0 Å². The number of carbonyl (C=O) groups excluding carboxylic acids is 1. The van der Waals surface area contributed by atoms with E-state index in [0.29, 0.717) is 48.1 Å². The minimum atomic E-state index is -3.57. The van der Waals surface area contributed by atoms with Gasteiger partial charge >= 0.3 is 0 Å². The van der Waals surface area contributed by atoms with Crippen molar-refractivity contribution in [2.75, 3.05) is 58.3 Å². The van der Waals surface area contributed by atoms with Crippen molar-refractivity contribution in [3.8, 4) is 0 Å². The fourth-order valence-corrected chi connectivity index (χ4v) is 6.57. The molecular formula is C28H31FN6O3S. The number of aromatic nitrogens is 1. The number of carbonyl (C=O) groups is 1. The topological polar surface area (TPSA) is 81.4 Å². The third-order valence-corrected chi connectivity index (χ3v) is 9.72. The van der Waals surface area contributed by atoms with Crippen LogP contribution in [-0.4, -0.2) is 86.2 Å². The first kappa shape index (κ1) is 27.0. The van der Waals surface area contributed by atoms with Gasteiger partial charge < -0.3 is 14.6 Å². The van der Waals surface area contributed by atoms with Crippen LogP contribution in [0.5, 0.6) is 0 Å². The molecule has 0 aliphatic carbocycles. The zero-order valence-corrected chi connectivity index (χ0v) is 22.9.